The normalized spacial score (nSPS) is 18.0. The van der Waals surface area contributed by atoms with Crippen LogP contribution in [0.25, 0.3) is 11.0 Å². The Bertz CT molecular complexity index is 1460. The molecule has 1 aliphatic heterocycles. The molecule has 1 fully saturated rings. The summed E-state index contributed by atoms with van der Waals surface area (Å²) < 4.78 is 31.2. The molecule has 2 heterocycles. The average molecular weight is 640 g/mol. The number of likely N-dealkylation sites (tertiary alicyclic amines) is 1. The molecule has 2 atom stereocenters. The molecule has 0 N–H and O–H groups in total. The minimum atomic E-state index is -0.315. The summed E-state index contributed by atoms with van der Waals surface area (Å²) in [6.07, 6.45) is 6.02. The largest absolute Gasteiger partial charge is 0.486 e. The number of ether oxygens (including phenoxy) is 2. The first-order valence-electron chi connectivity index (χ1n) is 13.0. The second kappa shape index (κ2) is 12.7. The van der Waals surface area contributed by atoms with Crippen molar-refractivity contribution >= 4 is 39.3 Å². The lowest BCUT2D eigenvalue weighted by atomic mass is 9.91. The molecule has 39 heavy (non-hydrogen) atoms. The van der Waals surface area contributed by atoms with Crippen LogP contribution in [0.5, 0.6) is 11.5 Å². The Hall–Kier alpha value is -3.24. The zero-order chi connectivity index (χ0) is 27.2. The van der Waals surface area contributed by atoms with Crippen LogP contribution in [0.15, 0.2) is 83.4 Å². The molecule has 8 heteroatoms. The number of halogens is 2. The van der Waals surface area contributed by atoms with E-state index in [1.54, 1.807) is 24.3 Å². The number of carbonyl (C=O) groups excluding carboxylic acids is 1. The quantitative estimate of drug-likeness (QED) is 0.0595. The van der Waals surface area contributed by atoms with Crippen molar-refractivity contribution in [2.24, 2.45) is 0 Å². The Morgan fingerprint density at radius 3 is 2.74 bits per heavy atom. The minimum absolute atomic E-state index is 0.0210. The fourth-order valence-corrected chi connectivity index (χ4v) is 5.87. The summed E-state index contributed by atoms with van der Waals surface area (Å²) in [6.45, 7) is 4.06. The number of ketones is 1. The SMILES string of the molecule is CC(=O)c1ccc(OCc2ccccc2)c(OCC=CCN2CCC(c3noc4cc(F)ccc34)CC2I)c1. The first-order valence-corrected chi connectivity index (χ1v) is 14.2. The van der Waals surface area contributed by atoms with E-state index in [0.29, 0.717) is 39.9 Å². The van der Waals surface area contributed by atoms with E-state index in [1.165, 1.54) is 19.1 Å². The van der Waals surface area contributed by atoms with Crippen LogP contribution in [0.4, 0.5) is 4.39 Å². The van der Waals surface area contributed by atoms with Gasteiger partial charge < -0.3 is 14.0 Å². The van der Waals surface area contributed by atoms with Gasteiger partial charge in [-0.1, -0.05) is 70.2 Å². The van der Waals surface area contributed by atoms with E-state index in [0.717, 1.165) is 42.6 Å². The third-order valence-electron chi connectivity index (χ3n) is 6.92. The lowest BCUT2D eigenvalue weighted by molar-refractivity contribution is 0.101. The number of Topliss-reactive ketones (excluding diaryl/α,β-unsaturated/α-hetero) is 1. The van der Waals surface area contributed by atoms with Crippen molar-refractivity contribution in [1.82, 2.24) is 10.1 Å². The van der Waals surface area contributed by atoms with Crippen LogP contribution < -0.4 is 9.47 Å². The van der Waals surface area contributed by atoms with Crippen LogP contribution >= 0.6 is 22.6 Å². The number of carbonyl (C=O) groups is 1. The molecule has 0 spiro atoms. The summed E-state index contributed by atoms with van der Waals surface area (Å²) in [5.74, 6) is 1.10. The molecule has 0 radical (unpaired) electrons. The molecule has 3 aromatic carbocycles. The predicted octanol–water partition coefficient (Wildman–Crippen LogP) is 7.32. The summed E-state index contributed by atoms with van der Waals surface area (Å²) in [5, 5.41) is 5.16. The van der Waals surface area contributed by atoms with Gasteiger partial charge in [-0.25, -0.2) is 4.39 Å². The molecule has 5 rings (SSSR count). The summed E-state index contributed by atoms with van der Waals surface area (Å²) in [6, 6.07) is 19.8. The van der Waals surface area contributed by atoms with Gasteiger partial charge in [-0.15, -0.1) is 0 Å². The van der Waals surface area contributed by atoms with E-state index in [2.05, 4.69) is 38.7 Å². The van der Waals surface area contributed by atoms with Gasteiger partial charge in [0.05, 0.1) is 9.74 Å². The molecule has 2 unspecified atom stereocenters. The second-order valence-electron chi connectivity index (χ2n) is 9.63. The molecule has 1 aliphatic rings. The van der Waals surface area contributed by atoms with Crippen molar-refractivity contribution in [3.05, 3.63) is 102 Å². The van der Waals surface area contributed by atoms with E-state index < -0.39 is 0 Å². The predicted molar refractivity (Wildman–Crippen MR) is 157 cm³/mol. The first kappa shape index (κ1) is 27.3. The Morgan fingerprint density at radius 2 is 1.95 bits per heavy atom. The molecule has 202 valence electrons. The van der Waals surface area contributed by atoms with Gasteiger partial charge in [0.2, 0.25) is 0 Å². The van der Waals surface area contributed by atoms with E-state index in [-0.39, 0.29) is 17.5 Å². The molecule has 1 aromatic heterocycles. The Balaban J connectivity index is 1.14. The van der Waals surface area contributed by atoms with Crippen LogP contribution in [0.2, 0.25) is 0 Å². The smallest absolute Gasteiger partial charge is 0.170 e. The minimum Gasteiger partial charge on any atom is -0.486 e. The zero-order valence-electron chi connectivity index (χ0n) is 21.7. The average Bonchev–Trinajstić information content (AvgIpc) is 3.36. The number of alkyl halides is 1. The molecule has 0 saturated carbocycles. The number of nitrogens with zero attached hydrogens (tertiary/aromatic N) is 2. The highest BCUT2D eigenvalue weighted by atomic mass is 127. The third-order valence-corrected chi connectivity index (χ3v) is 8.21. The van der Waals surface area contributed by atoms with Crippen molar-refractivity contribution in [3.8, 4) is 11.5 Å². The number of piperidine rings is 1. The maximum absolute atomic E-state index is 13.5. The Labute approximate surface area is 240 Å². The van der Waals surface area contributed by atoms with Crippen LogP contribution in [-0.4, -0.2) is 39.6 Å². The summed E-state index contributed by atoms with van der Waals surface area (Å²) in [4.78, 5) is 14.3. The van der Waals surface area contributed by atoms with E-state index >= 15 is 0 Å². The zero-order valence-corrected chi connectivity index (χ0v) is 23.8. The van der Waals surface area contributed by atoms with E-state index in [1.807, 2.05) is 36.4 Å². The van der Waals surface area contributed by atoms with Gasteiger partial charge in [0.25, 0.3) is 0 Å². The maximum Gasteiger partial charge on any atom is 0.170 e. The highest BCUT2D eigenvalue weighted by Crippen LogP contribution is 2.37. The molecule has 0 amide bonds. The van der Waals surface area contributed by atoms with Gasteiger partial charge in [-0.05, 0) is 55.7 Å². The number of benzene rings is 3. The third kappa shape index (κ3) is 6.86. The lowest BCUT2D eigenvalue weighted by Crippen LogP contribution is -2.38. The highest BCUT2D eigenvalue weighted by Gasteiger charge is 2.30. The van der Waals surface area contributed by atoms with Crippen molar-refractivity contribution in [3.63, 3.8) is 0 Å². The van der Waals surface area contributed by atoms with Gasteiger partial charge in [0.15, 0.2) is 22.9 Å². The van der Waals surface area contributed by atoms with Crippen LogP contribution in [0.3, 0.4) is 0 Å². The number of hydrogen-bond acceptors (Lipinski definition) is 6. The van der Waals surface area contributed by atoms with Crippen molar-refractivity contribution in [2.45, 2.75) is 36.3 Å². The number of rotatable bonds is 10. The maximum atomic E-state index is 13.5. The van der Waals surface area contributed by atoms with Gasteiger partial charge in [0, 0.05) is 36.0 Å². The molecule has 0 aliphatic carbocycles. The summed E-state index contributed by atoms with van der Waals surface area (Å²) in [7, 11) is 0. The fraction of sp³-hybridized carbons (Fsp3) is 0.290. The highest BCUT2D eigenvalue weighted by molar-refractivity contribution is 14.1. The molecule has 6 nitrogen and oxygen atoms in total. The second-order valence-corrected chi connectivity index (χ2v) is 11.1. The van der Waals surface area contributed by atoms with Crippen molar-refractivity contribution in [2.75, 3.05) is 19.7 Å². The first-order chi connectivity index (χ1) is 19.0. The Kier molecular flexibility index (Phi) is 8.93. The Morgan fingerprint density at radius 1 is 1.10 bits per heavy atom. The molecule has 4 aromatic rings. The number of fused-ring (bicyclic) bond motifs is 1. The van der Waals surface area contributed by atoms with Crippen LogP contribution in [0, 0.1) is 5.82 Å². The van der Waals surface area contributed by atoms with Gasteiger partial charge in [-0.2, -0.15) is 0 Å². The summed E-state index contributed by atoms with van der Waals surface area (Å²) in [5.41, 5.74) is 3.07. The van der Waals surface area contributed by atoms with Gasteiger partial charge >= 0.3 is 0 Å². The fourth-order valence-electron chi connectivity index (χ4n) is 4.75. The lowest BCUT2D eigenvalue weighted by Gasteiger charge is -2.35. The van der Waals surface area contributed by atoms with Gasteiger partial charge in [-0.3, -0.25) is 9.69 Å². The van der Waals surface area contributed by atoms with Crippen molar-refractivity contribution < 1.29 is 23.2 Å². The van der Waals surface area contributed by atoms with Crippen LogP contribution in [-0.2, 0) is 6.61 Å². The number of hydrogen-bond donors (Lipinski definition) is 0. The van der Waals surface area contributed by atoms with Gasteiger partial charge in [0.1, 0.15) is 19.0 Å². The number of aromatic nitrogens is 1. The standard InChI is InChI=1S/C31H30FIN2O4/c1-21(36)23-9-12-27(38-20-22-7-3-2-4-8-22)29(17-23)37-16-6-5-14-35-15-13-24(18-30(35)33)31-26-11-10-25(32)19-28(26)39-34-31/h2-12,17,19,24,30H,13-16,18,20H2,1H3. The summed E-state index contributed by atoms with van der Waals surface area (Å²) >= 11 is 2.48. The molecular weight excluding hydrogens is 610 g/mol. The molecular formula is C31H30FIN2O4. The van der Waals surface area contributed by atoms with E-state index in [4.69, 9.17) is 14.0 Å². The van der Waals surface area contributed by atoms with Crippen molar-refractivity contribution in [1.29, 1.82) is 0 Å². The van der Waals surface area contributed by atoms with Crippen LogP contribution in [0.1, 0.15) is 47.3 Å². The monoisotopic (exact) mass is 640 g/mol. The molecule has 1 saturated heterocycles. The molecule has 0 bridgehead atoms. The van der Waals surface area contributed by atoms with E-state index in [9.17, 15) is 9.18 Å². The topological polar surface area (TPSA) is 64.8 Å².